The van der Waals surface area contributed by atoms with Crippen LogP contribution in [0, 0.1) is 0 Å². The number of methoxy groups -OCH3 is 2. The standard InChI is InChI=1S/C19H24N2O3S/c1-5-19(6-2,14-10-8-7-9-11-14)15(13-22)25-18-20-16(23-3)12-17(21-18)24-4/h7-13,15H,5-6H2,1-4H3. The van der Waals surface area contributed by atoms with Crippen LogP contribution in [0.1, 0.15) is 32.3 Å². The number of nitrogens with zero attached hydrogens (tertiary/aromatic N) is 2. The number of rotatable bonds is 9. The molecule has 0 saturated carbocycles. The Labute approximate surface area is 153 Å². The molecule has 0 aliphatic carbocycles. The fourth-order valence-electron chi connectivity index (χ4n) is 3.02. The van der Waals surface area contributed by atoms with Crippen LogP contribution in [0.15, 0.2) is 41.6 Å². The van der Waals surface area contributed by atoms with E-state index < -0.39 is 0 Å². The van der Waals surface area contributed by atoms with Gasteiger partial charge in [0.25, 0.3) is 0 Å². The number of aldehydes is 1. The molecule has 0 radical (unpaired) electrons. The minimum Gasteiger partial charge on any atom is -0.481 e. The molecule has 5 nitrogen and oxygen atoms in total. The molecular weight excluding hydrogens is 336 g/mol. The smallest absolute Gasteiger partial charge is 0.220 e. The van der Waals surface area contributed by atoms with Crippen molar-refractivity contribution in [2.75, 3.05) is 14.2 Å². The molecule has 1 aromatic carbocycles. The summed E-state index contributed by atoms with van der Waals surface area (Å²) < 4.78 is 10.4. The number of carbonyl (C=O) groups excluding carboxylic acids is 1. The van der Waals surface area contributed by atoms with E-state index in [9.17, 15) is 4.79 Å². The zero-order valence-electron chi connectivity index (χ0n) is 15.1. The van der Waals surface area contributed by atoms with E-state index in [0.29, 0.717) is 16.9 Å². The number of ether oxygens (including phenoxy) is 2. The molecule has 0 aliphatic heterocycles. The molecular formula is C19H24N2O3S. The maximum Gasteiger partial charge on any atom is 0.220 e. The highest BCUT2D eigenvalue weighted by molar-refractivity contribution is 8.00. The third-order valence-corrected chi connectivity index (χ3v) is 5.80. The van der Waals surface area contributed by atoms with E-state index >= 15 is 0 Å². The van der Waals surface area contributed by atoms with Crippen LogP contribution in [0.25, 0.3) is 0 Å². The Morgan fingerprint density at radius 1 is 1.08 bits per heavy atom. The van der Waals surface area contributed by atoms with Crippen molar-refractivity contribution < 1.29 is 14.3 Å². The molecule has 0 amide bonds. The van der Waals surface area contributed by atoms with E-state index in [4.69, 9.17) is 9.47 Å². The van der Waals surface area contributed by atoms with Gasteiger partial charge in [-0.05, 0) is 18.4 Å². The molecule has 2 rings (SSSR count). The van der Waals surface area contributed by atoms with Gasteiger partial charge in [-0.25, -0.2) is 0 Å². The first kappa shape index (κ1) is 19.2. The van der Waals surface area contributed by atoms with Crippen LogP contribution in [0.4, 0.5) is 0 Å². The van der Waals surface area contributed by atoms with Gasteiger partial charge in [0, 0.05) is 5.41 Å². The molecule has 0 aliphatic rings. The summed E-state index contributed by atoms with van der Waals surface area (Å²) in [5, 5.41) is 0.150. The van der Waals surface area contributed by atoms with E-state index in [-0.39, 0.29) is 10.7 Å². The Hall–Kier alpha value is -2.08. The number of hydrogen-bond donors (Lipinski definition) is 0. The fourth-order valence-corrected chi connectivity index (χ4v) is 4.29. The first-order valence-electron chi connectivity index (χ1n) is 8.28. The topological polar surface area (TPSA) is 61.3 Å². The number of benzene rings is 1. The lowest BCUT2D eigenvalue weighted by molar-refractivity contribution is -0.108. The van der Waals surface area contributed by atoms with Crippen molar-refractivity contribution in [3.63, 3.8) is 0 Å². The summed E-state index contributed by atoms with van der Waals surface area (Å²) in [5.74, 6) is 0.828. The zero-order chi connectivity index (χ0) is 18.3. The van der Waals surface area contributed by atoms with Crippen LogP contribution in [0.2, 0.25) is 0 Å². The van der Waals surface area contributed by atoms with Gasteiger partial charge in [-0.2, -0.15) is 9.97 Å². The number of thioether (sulfide) groups is 1. The van der Waals surface area contributed by atoms with Crippen LogP contribution in [-0.4, -0.2) is 35.7 Å². The minimum absolute atomic E-state index is 0.284. The van der Waals surface area contributed by atoms with Gasteiger partial charge in [0.15, 0.2) is 5.16 Å². The van der Waals surface area contributed by atoms with Crippen molar-refractivity contribution in [3.8, 4) is 11.8 Å². The van der Waals surface area contributed by atoms with Crippen LogP contribution in [-0.2, 0) is 10.2 Å². The van der Waals surface area contributed by atoms with Gasteiger partial charge in [0.2, 0.25) is 11.8 Å². The molecule has 2 aromatic rings. The maximum absolute atomic E-state index is 12.0. The summed E-state index contributed by atoms with van der Waals surface area (Å²) >= 11 is 1.35. The Morgan fingerprint density at radius 2 is 1.64 bits per heavy atom. The predicted molar refractivity (Wildman–Crippen MR) is 99.5 cm³/mol. The van der Waals surface area contributed by atoms with Crippen molar-refractivity contribution >= 4 is 18.0 Å². The highest BCUT2D eigenvalue weighted by atomic mass is 32.2. The van der Waals surface area contributed by atoms with Crippen molar-refractivity contribution in [2.24, 2.45) is 0 Å². The molecule has 1 aromatic heterocycles. The average Bonchev–Trinajstić information content (AvgIpc) is 2.68. The summed E-state index contributed by atoms with van der Waals surface area (Å²) in [6.07, 6.45) is 2.68. The van der Waals surface area contributed by atoms with Gasteiger partial charge >= 0.3 is 0 Å². The highest BCUT2D eigenvalue weighted by Gasteiger charge is 2.38. The van der Waals surface area contributed by atoms with Crippen molar-refractivity contribution in [1.82, 2.24) is 9.97 Å². The summed E-state index contributed by atoms with van der Waals surface area (Å²) in [6.45, 7) is 4.22. The van der Waals surface area contributed by atoms with Gasteiger partial charge in [-0.3, -0.25) is 0 Å². The zero-order valence-corrected chi connectivity index (χ0v) is 15.9. The molecule has 1 atom stereocenters. The molecule has 0 N–H and O–H groups in total. The van der Waals surface area contributed by atoms with Gasteiger partial charge in [0.1, 0.15) is 6.29 Å². The van der Waals surface area contributed by atoms with E-state index in [1.165, 1.54) is 11.8 Å². The molecule has 0 fully saturated rings. The minimum atomic E-state index is -0.318. The summed E-state index contributed by atoms with van der Waals surface area (Å²) in [5.41, 5.74) is 0.868. The lowest BCUT2D eigenvalue weighted by atomic mass is 9.73. The summed E-state index contributed by atoms with van der Waals surface area (Å²) in [7, 11) is 3.08. The van der Waals surface area contributed by atoms with E-state index in [0.717, 1.165) is 24.7 Å². The Kier molecular flexibility index (Phi) is 6.82. The molecule has 1 heterocycles. The predicted octanol–water partition coefficient (Wildman–Crippen LogP) is 3.91. The van der Waals surface area contributed by atoms with Gasteiger partial charge < -0.3 is 14.3 Å². The van der Waals surface area contributed by atoms with Gasteiger partial charge in [-0.15, -0.1) is 0 Å². The summed E-state index contributed by atoms with van der Waals surface area (Å²) in [4.78, 5) is 20.7. The van der Waals surface area contributed by atoms with Gasteiger partial charge in [-0.1, -0.05) is 55.9 Å². The normalized spacial score (nSPS) is 12.5. The van der Waals surface area contributed by atoms with Crippen molar-refractivity contribution in [3.05, 3.63) is 42.0 Å². The quantitative estimate of drug-likeness (QED) is 0.384. The molecule has 0 spiro atoms. The molecule has 1 unspecified atom stereocenters. The second-order valence-electron chi connectivity index (χ2n) is 5.64. The van der Waals surface area contributed by atoms with Crippen LogP contribution < -0.4 is 9.47 Å². The monoisotopic (exact) mass is 360 g/mol. The van der Waals surface area contributed by atoms with E-state index in [1.807, 2.05) is 18.2 Å². The fraction of sp³-hybridized carbons (Fsp3) is 0.421. The van der Waals surface area contributed by atoms with Crippen LogP contribution in [0.3, 0.4) is 0 Å². The van der Waals surface area contributed by atoms with E-state index in [2.05, 4.69) is 35.9 Å². The third-order valence-electron chi connectivity index (χ3n) is 4.59. The Bertz CT molecular complexity index is 668. The second kappa shape index (κ2) is 8.85. The SMILES string of the molecule is CCC(CC)(c1ccccc1)C(C=O)Sc1nc(OC)cc(OC)n1. The van der Waals surface area contributed by atoms with E-state index in [1.54, 1.807) is 20.3 Å². The number of aromatic nitrogens is 2. The lowest BCUT2D eigenvalue weighted by Crippen LogP contribution is -2.37. The van der Waals surface area contributed by atoms with Crippen LogP contribution in [0.5, 0.6) is 11.8 Å². The highest BCUT2D eigenvalue weighted by Crippen LogP contribution is 2.42. The second-order valence-corrected chi connectivity index (χ2v) is 6.75. The first-order valence-corrected chi connectivity index (χ1v) is 9.16. The van der Waals surface area contributed by atoms with Crippen LogP contribution >= 0.6 is 11.8 Å². The molecule has 25 heavy (non-hydrogen) atoms. The first-order chi connectivity index (χ1) is 12.1. The average molecular weight is 360 g/mol. The Balaban J connectivity index is 2.42. The number of carbonyl (C=O) groups is 1. The molecule has 0 bridgehead atoms. The molecule has 0 saturated heterocycles. The third kappa shape index (κ3) is 4.12. The Morgan fingerprint density at radius 3 is 2.08 bits per heavy atom. The van der Waals surface area contributed by atoms with Crippen molar-refractivity contribution in [2.45, 2.75) is 42.5 Å². The number of hydrogen-bond acceptors (Lipinski definition) is 6. The lowest BCUT2D eigenvalue weighted by Gasteiger charge is -2.36. The van der Waals surface area contributed by atoms with Gasteiger partial charge in [0.05, 0.1) is 25.5 Å². The summed E-state index contributed by atoms with van der Waals surface area (Å²) in [6, 6.07) is 11.8. The maximum atomic E-state index is 12.0. The molecule has 6 heteroatoms. The molecule has 134 valence electrons. The van der Waals surface area contributed by atoms with Crippen molar-refractivity contribution in [1.29, 1.82) is 0 Å². The largest absolute Gasteiger partial charge is 0.481 e.